The summed E-state index contributed by atoms with van der Waals surface area (Å²) in [7, 11) is 3.81. The first-order valence-corrected chi connectivity index (χ1v) is 7.62. The molecule has 0 saturated carbocycles. The highest BCUT2D eigenvalue weighted by Gasteiger charge is 2.34. The second kappa shape index (κ2) is 8.80. The number of hydrogen-bond donors (Lipinski definition) is 2. The van der Waals surface area contributed by atoms with Crippen LogP contribution in [0.15, 0.2) is 36.5 Å². The van der Waals surface area contributed by atoms with Gasteiger partial charge < -0.3 is 15.5 Å². The summed E-state index contributed by atoms with van der Waals surface area (Å²) in [6.45, 7) is 8.93. The van der Waals surface area contributed by atoms with E-state index in [2.05, 4.69) is 35.4 Å². The van der Waals surface area contributed by atoms with Crippen LogP contribution in [0.3, 0.4) is 0 Å². The van der Waals surface area contributed by atoms with Gasteiger partial charge in [-0.25, -0.2) is 0 Å². The van der Waals surface area contributed by atoms with Crippen LogP contribution < -0.4 is 10.6 Å². The Morgan fingerprint density at radius 2 is 2.05 bits per heavy atom. The summed E-state index contributed by atoms with van der Waals surface area (Å²) in [6, 6.07) is 0. The predicted molar refractivity (Wildman–Crippen MR) is 89.2 cm³/mol. The molecule has 0 spiro atoms. The van der Waals surface area contributed by atoms with Crippen molar-refractivity contribution in [3.8, 4) is 0 Å². The fourth-order valence-electron chi connectivity index (χ4n) is 2.80. The molecule has 4 nitrogen and oxygen atoms in total. The summed E-state index contributed by atoms with van der Waals surface area (Å²) in [4.78, 5) is 13.8. The minimum atomic E-state index is 0.00786. The van der Waals surface area contributed by atoms with Gasteiger partial charge in [0.2, 0.25) is 5.91 Å². The zero-order valence-electron chi connectivity index (χ0n) is 13.6. The van der Waals surface area contributed by atoms with Crippen LogP contribution in [-0.4, -0.2) is 51.1 Å². The maximum absolute atomic E-state index is 12.0. The highest BCUT2D eigenvalue weighted by Crippen LogP contribution is 2.37. The summed E-state index contributed by atoms with van der Waals surface area (Å²) in [5, 5.41) is 6.50. The zero-order chi connectivity index (χ0) is 15.7. The number of nitrogens with one attached hydrogen (secondary N) is 2. The van der Waals surface area contributed by atoms with Crippen molar-refractivity contribution < 1.29 is 4.79 Å². The van der Waals surface area contributed by atoms with Crippen LogP contribution in [0.25, 0.3) is 0 Å². The highest BCUT2D eigenvalue weighted by molar-refractivity contribution is 5.78. The summed E-state index contributed by atoms with van der Waals surface area (Å²) >= 11 is 0. The van der Waals surface area contributed by atoms with E-state index in [0.29, 0.717) is 13.1 Å². The van der Waals surface area contributed by atoms with Crippen LogP contribution in [-0.2, 0) is 4.79 Å². The van der Waals surface area contributed by atoms with Crippen LogP contribution in [0.1, 0.15) is 19.8 Å². The van der Waals surface area contributed by atoms with E-state index < -0.39 is 0 Å². The summed E-state index contributed by atoms with van der Waals surface area (Å²) < 4.78 is 0. The van der Waals surface area contributed by atoms with Crippen LogP contribution in [0, 0.1) is 5.41 Å². The molecular formula is C17H29N3O. The second-order valence-electron chi connectivity index (χ2n) is 5.90. The third-order valence-corrected chi connectivity index (χ3v) is 3.90. The van der Waals surface area contributed by atoms with Gasteiger partial charge in [-0.05, 0) is 52.5 Å². The summed E-state index contributed by atoms with van der Waals surface area (Å²) in [5.41, 5.74) is 1.26. The Bertz CT molecular complexity index is 404. The minimum Gasteiger partial charge on any atom is -0.354 e. The van der Waals surface area contributed by atoms with Crippen LogP contribution >= 0.6 is 0 Å². The molecular weight excluding hydrogens is 262 g/mol. The second-order valence-corrected chi connectivity index (χ2v) is 5.90. The SMILES string of the molecule is C=CC=C(C=CC)C1(CNC(=O)CN(C)C)CCNCC1. The topological polar surface area (TPSA) is 44.4 Å². The molecule has 1 heterocycles. The lowest BCUT2D eigenvalue weighted by atomic mass is 9.72. The summed E-state index contributed by atoms with van der Waals surface area (Å²) in [6.07, 6.45) is 10.2. The molecule has 0 aliphatic carbocycles. The van der Waals surface area contributed by atoms with E-state index in [1.165, 1.54) is 5.57 Å². The van der Waals surface area contributed by atoms with Gasteiger partial charge in [-0.2, -0.15) is 0 Å². The molecule has 1 fully saturated rings. The molecule has 21 heavy (non-hydrogen) atoms. The first kappa shape index (κ1) is 17.7. The number of hydrogen-bond acceptors (Lipinski definition) is 3. The number of carbonyl (C=O) groups excluding carboxylic acids is 1. The molecule has 2 N–H and O–H groups in total. The lowest BCUT2D eigenvalue weighted by Crippen LogP contribution is -2.47. The molecule has 0 atom stereocenters. The number of allylic oxidation sites excluding steroid dienone is 4. The molecule has 0 aromatic rings. The van der Waals surface area contributed by atoms with Crippen molar-refractivity contribution in [2.75, 3.05) is 40.3 Å². The number of amides is 1. The Balaban J connectivity index is 2.85. The van der Waals surface area contributed by atoms with E-state index in [-0.39, 0.29) is 11.3 Å². The molecule has 0 unspecified atom stereocenters. The van der Waals surface area contributed by atoms with Crippen LogP contribution in [0.2, 0.25) is 0 Å². The smallest absolute Gasteiger partial charge is 0.234 e. The fraction of sp³-hybridized carbons (Fsp3) is 0.588. The summed E-state index contributed by atoms with van der Waals surface area (Å²) in [5.74, 6) is 0.0799. The van der Waals surface area contributed by atoms with E-state index in [0.717, 1.165) is 25.9 Å². The molecule has 1 aliphatic heterocycles. The van der Waals surface area contributed by atoms with Crippen molar-refractivity contribution in [3.63, 3.8) is 0 Å². The monoisotopic (exact) mass is 291 g/mol. The van der Waals surface area contributed by atoms with Crippen LogP contribution in [0.4, 0.5) is 0 Å². The van der Waals surface area contributed by atoms with E-state index >= 15 is 0 Å². The van der Waals surface area contributed by atoms with E-state index in [4.69, 9.17) is 0 Å². The van der Waals surface area contributed by atoms with Gasteiger partial charge >= 0.3 is 0 Å². The van der Waals surface area contributed by atoms with Gasteiger partial charge in [0, 0.05) is 12.0 Å². The van der Waals surface area contributed by atoms with Crippen molar-refractivity contribution in [2.24, 2.45) is 5.41 Å². The number of likely N-dealkylation sites (N-methyl/N-ethyl adjacent to an activating group) is 1. The largest absolute Gasteiger partial charge is 0.354 e. The first-order chi connectivity index (χ1) is 10.0. The number of nitrogens with zero attached hydrogens (tertiary/aromatic N) is 1. The Morgan fingerprint density at radius 1 is 1.38 bits per heavy atom. The molecule has 1 rings (SSSR count). The molecule has 4 heteroatoms. The lowest BCUT2D eigenvalue weighted by molar-refractivity contribution is -0.122. The maximum atomic E-state index is 12.0. The Labute approximate surface area is 129 Å². The van der Waals surface area contributed by atoms with Gasteiger partial charge in [0.1, 0.15) is 0 Å². The normalized spacial score (nSPS) is 19.0. The maximum Gasteiger partial charge on any atom is 0.234 e. The third-order valence-electron chi connectivity index (χ3n) is 3.90. The zero-order valence-corrected chi connectivity index (χ0v) is 13.6. The van der Waals surface area contributed by atoms with Gasteiger partial charge in [0.15, 0.2) is 0 Å². The number of carbonyl (C=O) groups is 1. The van der Waals surface area contributed by atoms with Gasteiger partial charge in [-0.3, -0.25) is 4.79 Å². The number of piperidine rings is 1. The number of rotatable bonds is 7. The van der Waals surface area contributed by atoms with E-state index in [9.17, 15) is 4.79 Å². The van der Waals surface area contributed by atoms with Crippen LogP contribution in [0.5, 0.6) is 0 Å². The average Bonchev–Trinajstić information content (AvgIpc) is 2.45. The van der Waals surface area contributed by atoms with Crippen molar-refractivity contribution in [1.29, 1.82) is 0 Å². The third kappa shape index (κ3) is 5.48. The fourth-order valence-corrected chi connectivity index (χ4v) is 2.80. The Morgan fingerprint density at radius 3 is 2.57 bits per heavy atom. The molecule has 0 radical (unpaired) electrons. The quantitative estimate of drug-likeness (QED) is 0.702. The van der Waals surface area contributed by atoms with Crippen molar-refractivity contribution in [2.45, 2.75) is 19.8 Å². The van der Waals surface area contributed by atoms with Gasteiger partial charge in [-0.1, -0.05) is 30.9 Å². The molecule has 118 valence electrons. The molecule has 1 saturated heterocycles. The Kier molecular flexibility index (Phi) is 7.40. The first-order valence-electron chi connectivity index (χ1n) is 7.62. The van der Waals surface area contributed by atoms with Gasteiger partial charge in [0.25, 0.3) is 0 Å². The molecule has 1 aliphatic rings. The standard InChI is InChI=1S/C17H29N3O/c1-5-7-15(8-6-2)17(9-11-18-12-10-17)14-19-16(21)13-20(3)4/h5-8,18H,1,9-14H2,2-4H3,(H,19,21). The van der Waals surface area contributed by atoms with E-state index in [1.807, 2.05) is 32.0 Å². The molecule has 1 amide bonds. The lowest BCUT2D eigenvalue weighted by Gasteiger charge is -2.39. The molecule has 0 aromatic carbocycles. The minimum absolute atomic E-state index is 0.00786. The Hall–Kier alpha value is -1.39. The van der Waals surface area contributed by atoms with E-state index in [1.54, 1.807) is 0 Å². The van der Waals surface area contributed by atoms with Gasteiger partial charge in [0.05, 0.1) is 6.54 Å². The van der Waals surface area contributed by atoms with Crippen molar-refractivity contribution in [3.05, 3.63) is 36.5 Å². The predicted octanol–water partition coefficient (Wildman–Crippen LogP) is 1.72. The van der Waals surface area contributed by atoms with Gasteiger partial charge in [-0.15, -0.1) is 0 Å². The van der Waals surface area contributed by atoms with Crippen molar-refractivity contribution in [1.82, 2.24) is 15.5 Å². The van der Waals surface area contributed by atoms with Crippen molar-refractivity contribution >= 4 is 5.91 Å². The average molecular weight is 291 g/mol. The molecule has 0 aromatic heterocycles. The highest BCUT2D eigenvalue weighted by atomic mass is 16.2. The molecule has 0 bridgehead atoms.